The monoisotopic (exact) mass is 491 g/mol. The number of carbonyl (C=O) groups excluding carboxylic acids is 1. The summed E-state index contributed by atoms with van der Waals surface area (Å²) in [6.45, 7) is 4.86. The number of fused-ring (bicyclic) bond motifs is 5. The Kier molecular flexibility index (Phi) is 5.43. The van der Waals surface area contributed by atoms with E-state index < -0.39 is 0 Å². The molecule has 2 N–H and O–H groups in total. The van der Waals surface area contributed by atoms with Crippen LogP contribution in [-0.2, 0) is 0 Å². The first-order valence-electron chi connectivity index (χ1n) is 11.7. The molecular weight excluding hydrogens is 466 g/mol. The van der Waals surface area contributed by atoms with Gasteiger partial charge in [-0.25, -0.2) is 9.97 Å². The average molecular weight is 492 g/mol. The zero-order chi connectivity index (χ0) is 23.4. The molecule has 0 unspecified atom stereocenters. The van der Waals surface area contributed by atoms with Crippen molar-refractivity contribution in [2.75, 3.05) is 32.0 Å². The smallest absolute Gasteiger partial charge is 0.263 e. The molecule has 2 aliphatic rings. The summed E-state index contributed by atoms with van der Waals surface area (Å²) < 4.78 is 1.08. The number of anilines is 1. The lowest BCUT2D eigenvalue weighted by Crippen LogP contribution is -2.34. The van der Waals surface area contributed by atoms with E-state index in [9.17, 15) is 4.79 Å². The predicted octanol–water partition coefficient (Wildman–Crippen LogP) is 5.52. The Labute approximate surface area is 207 Å². The molecule has 0 spiro atoms. The van der Waals surface area contributed by atoms with E-state index in [1.165, 1.54) is 11.3 Å². The van der Waals surface area contributed by atoms with Gasteiger partial charge in [0.25, 0.3) is 5.91 Å². The predicted molar refractivity (Wildman–Crippen MR) is 140 cm³/mol. The lowest BCUT2D eigenvalue weighted by atomic mass is 9.92. The molecule has 174 valence electrons. The van der Waals surface area contributed by atoms with E-state index in [2.05, 4.69) is 51.8 Å². The number of aromatic nitrogens is 2. The summed E-state index contributed by atoms with van der Waals surface area (Å²) in [5.74, 6) is 0.411. The minimum atomic E-state index is -0.0145. The van der Waals surface area contributed by atoms with E-state index in [-0.39, 0.29) is 11.9 Å². The van der Waals surface area contributed by atoms with E-state index in [4.69, 9.17) is 16.6 Å². The molecule has 34 heavy (non-hydrogen) atoms. The Hall–Kier alpha value is -2.74. The Bertz CT molecular complexity index is 1430. The van der Waals surface area contributed by atoms with Crippen molar-refractivity contribution in [2.45, 2.75) is 31.7 Å². The Morgan fingerprint density at radius 3 is 2.76 bits per heavy atom. The van der Waals surface area contributed by atoms with Gasteiger partial charge in [-0.1, -0.05) is 11.6 Å². The maximum atomic E-state index is 12.7. The number of amides is 1. The van der Waals surface area contributed by atoms with Crippen LogP contribution in [0.4, 0.5) is 5.69 Å². The number of hydrogen-bond donors (Lipinski definition) is 2. The zero-order valence-electron chi connectivity index (χ0n) is 19.2. The van der Waals surface area contributed by atoms with Gasteiger partial charge in [0.15, 0.2) is 0 Å². The molecule has 1 saturated heterocycles. The van der Waals surface area contributed by atoms with Gasteiger partial charge < -0.3 is 15.5 Å². The van der Waals surface area contributed by atoms with Gasteiger partial charge in [0, 0.05) is 45.2 Å². The van der Waals surface area contributed by atoms with E-state index in [1.54, 1.807) is 0 Å². The molecule has 3 aromatic heterocycles. The quantitative estimate of drug-likeness (QED) is 0.361. The van der Waals surface area contributed by atoms with Gasteiger partial charge in [-0.15, -0.1) is 11.3 Å². The summed E-state index contributed by atoms with van der Waals surface area (Å²) in [6, 6.07) is 12.4. The van der Waals surface area contributed by atoms with Crippen LogP contribution in [0.5, 0.6) is 0 Å². The number of piperidine rings is 1. The Morgan fingerprint density at radius 1 is 1.12 bits per heavy atom. The third-order valence-electron chi connectivity index (χ3n) is 6.94. The van der Waals surface area contributed by atoms with Gasteiger partial charge in [0.2, 0.25) is 0 Å². The van der Waals surface area contributed by atoms with E-state index >= 15 is 0 Å². The van der Waals surface area contributed by atoms with Crippen LogP contribution in [0.25, 0.3) is 32.2 Å². The lowest BCUT2D eigenvalue weighted by Gasteiger charge is -2.28. The first-order valence-corrected chi connectivity index (χ1v) is 12.9. The molecule has 8 heteroatoms. The third-order valence-corrected chi connectivity index (χ3v) is 8.28. The van der Waals surface area contributed by atoms with E-state index in [0.717, 1.165) is 74.4 Å². The highest BCUT2D eigenvalue weighted by Gasteiger charge is 2.25. The maximum Gasteiger partial charge on any atom is 0.263 e. The fourth-order valence-electron chi connectivity index (χ4n) is 5.06. The van der Waals surface area contributed by atoms with Crippen LogP contribution in [0, 0.1) is 0 Å². The Balaban J connectivity index is 1.43. The highest BCUT2D eigenvalue weighted by molar-refractivity contribution is 7.21. The molecule has 1 fully saturated rings. The summed E-state index contributed by atoms with van der Waals surface area (Å²) >= 11 is 7.98. The first-order chi connectivity index (χ1) is 16.5. The minimum Gasteiger partial charge on any atom is -0.381 e. The minimum absolute atomic E-state index is 0.0145. The molecule has 0 saturated carbocycles. The van der Waals surface area contributed by atoms with Gasteiger partial charge in [-0.2, -0.15) is 0 Å². The van der Waals surface area contributed by atoms with Crippen LogP contribution in [0.15, 0.2) is 36.4 Å². The third kappa shape index (κ3) is 3.82. The number of benzene rings is 1. The van der Waals surface area contributed by atoms with Crippen molar-refractivity contribution in [3.05, 3.63) is 52.1 Å². The summed E-state index contributed by atoms with van der Waals surface area (Å²) in [6.07, 6.45) is 2.18. The molecule has 2 aliphatic heterocycles. The standard InChI is InChI=1S/C26H26ClN5OS/c1-14-13-28-24-23-17-3-4-18(30-19(17)5-6-21(23)34-25(24)26(33)29-14)16-11-20(31-22(27)12-16)15-7-9-32(2)10-8-15/h3-6,11-12,14-15,28H,7-10,13H2,1-2H3,(H,29,33)/t14-/m1/s1. The van der Waals surface area contributed by atoms with Crippen LogP contribution in [0.1, 0.15) is 41.0 Å². The van der Waals surface area contributed by atoms with Gasteiger partial charge in [-0.3, -0.25) is 4.79 Å². The van der Waals surface area contributed by atoms with Crippen LogP contribution < -0.4 is 10.6 Å². The van der Waals surface area contributed by atoms with Gasteiger partial charge in [0.1, 0.15) is 10.0 Å². The fraction of sp³-hybridized carbons (Fsp3) is 0.346. The molecule has 6 rings (SSSR count). The largest absolute Gasteiger partial charge is 0.381 e. The van der Waals surface area contributed by atoms with Crippen molar-refractivity contribution in [3.8, 4) is 11.3 Å². The van der Waals surface area contributed by atoms with Gasteiger partial charge >= 0.3 is 0 Å². The Morgan fingerprint density at radius 2 is 1.94 bits per heavy atom. The summed E-state index contributed by atoms with van der Waals surface area (Å²) in [7, 11) is 2.16. The number of pyridine rings is 2. The molecule has 0 radical (unpaired) electrons. The summed E-state index contributed by atoms with van der Waals surface area (Å²) in [5, 5.41) is 9.17. The molecule has 1 aromatic carbocycles. The second-order valence-corrected chi connectivity index (χ2v) is 10.9. The highest BCUT2D eigenvalue weighted by atomic mass is 35.5. The molecule has 1 amide bonds. The van der Waals surface area contributed by atoms with E-state index in [1.807, 2.05) is 19.1 Å². The van der Waals surface area contributed by atoms with Crippen LogP contribution in [0.3, 0.4) is 0 Å². The number of nitrogens with one attached hydrogen (secondary N) is 2. The molecule has 4 aromatic rings. The molecule has 0 bridgehead atoms. The number of carbonyl (C=O) groups is 1. The first kappa shape index (κ1) is 21.8. The molecule has 6 nitrogen and oxygen atoms in total. The summed E-state index contributed by atoms with van der Waals surface area (Å²) in [4.78, 5) is 25.4. The van der Waals surface area contributed by atoms with E-state index in [0.29, 0.717) is 17.6 Å². The maximum absolute atomic E-state index is 12.7. The number of halogens is 1. The number of nitrogens with zero attached hydrogens (tertiary/aromatic N) is 3. The second kappa shape index (κ2) is 8.48. The van der Waals surface area contributed by atoms with Crippen molar-refractivity contribution in [2.24, 2.45) is 0 Å². The number of likely N-dealkylation sites (tertiary alicyclic amines) is 1. The van der Waals surface area contributed by atoms with Crippen molar-refractivity contribution in [1.29, 1.82) is 0 Å². The number of thiophene rings is 1. The number of rotatable bonds is 2. The molecule has 1 atom stereocenters. The fourth-order valence-corrected chi connectivity index (χ4v) is 6.38. The van der Waals surface area contributed by atoms with Crippen molar-refractivity contribution in [3.63, 3.8) is 0 Å². The summed E-state index contributed by atoms with van der Waals surface area (Å²) in [5.41, 5.74) is 4.75. The molecule has 5 heterocycles. The van der Waals surface area contributed by atoms with Gasteiger partial charge in [0.05, 0.1) is 16.9 Å². The topological polar surface area (TPSA) is 70.2 Å². The SMILES string of the molecule is C[C@@H]1CNc2c(sc3ccc4nc(-c5cc(Cl)nc(C6CCN(C)CC6)c5)ccc4c23)C(=O)N1. The average Bonchev–Trinajstić information content (AvgIpc) is 3.15. The number of hydrogen-bond acceptors (Lipinski definition) is 6. The van der Waals surface area contributed by atoms with Crippen LogP contribution in [-0.4, -0.2) is 53.5 Å². The van der Waals surface area contributed by atoms with Crippen molar-refractivity contribution < 1.29 is 4.79 Å². The van der Waals surface area contributed by atoms with Crippen LogP contribution in [0.2, 0.25) is 5.15 Å². The van der Waals surface area contributed by atoms with Crippen molar-refractivity contribution in [1.82, 2.24) is 20.2 Å². The highest BCUT2D eigenvalue weighted by Crippen LogP contribution is 2.41. The zero-order valence-corrected chi connectivity index (χ0v) is 20.8. The lowest BCUT2D eigenvalue weighted by molar-refractivity contribution is 0.0949. The molecular formula is C26H26ClN5OS. The van der Waals surface area contributed by atoms with Gasteiger partial charge in [-0.05, 0) is 76.3 Å². The molecule has 0 aliphatic carbocycles. The normalized spacial score (nSPS) is 19.6. The van der Waals surface area contributed by atoms with Crippen LogP contribution >= 0.6 is 22.9 Å². The second-order valence-electron chi connectivity index (χ2n) is 9.44. The van der Waals surface area contributed by atoms with Crippen molar-refractivity contribution >= 4 is 55.5 Å².